The van der Waals surface area contributed by atoms with Crippen molar-refractivity contribution in [3.05, 3.63) is 35.6 Å². The lowest BCUT2D eigenvalue weighted by Gasteiger charge is -2.22. The SMILES string of the molecule is C=C(CCCC)C(C)CN=C(C)CCCC=C(C)N(C)CCC(C)CCCC=C(C)C. The zero-order valence-corrected chi connectivity index (χ0v) is 22.4. The van der Waals surface area contributed by atoms with Gasteiger partial charge < -0.3 is 4.90 Å². The largest absolute Gasteiger partial charge is 0.378 e. The Morgan fingerprint density at radius 1 is 0.935 bits per heavy atom. The molecule has 0 aromatic rings. The van der Waals surface area contributed by atoms with E-state index in [0.717, 1.165) is 38.3 Å². The van der Waals surface area contributed by atoms with Gasteiger partial charge in [0.15, 0.2) is 0 Å². The van der Waals surface area contributed by atoms with Crippen molar-refractivity contribution < 1.29 is 0 Å². The molecule has 0 amide bonds. The second-order valence-electron chi connectivity index (χ2n) is 10.0. The smallest absolute Gasteiger partial charge is 0.0451 e. The monoisotopic (exact) mass is 430 g/mol. The number of hydrogen-bond donors (Lipinski definition) is 0. The van der Waals surface area contributed by atoms with E-state index >= 15 is 0 Å². The van der Waals surface area contributed by atoms with Crippen LogP contribution in [-0.2, 0) is 0 Å². The van der Waals surface area contributed by atoms with Gasteiger partial charge in [-0.05, 0) is 90.9 Å². The first-order chi connectivity index (χ1) is 14.7. The minimum atomic E-state index is 0.506. The summed E-state index contributed by atoms with van der Waals surface area (Å²) in [7, 11) is 2.24. The summed E-state index contributed by atoms with van der Waals surface area (Å²) in [5, 5.41) is 0. The average Bonchev–Trinajstić information content (AvgIpc) is 2.74. The van der Waals surface area contributed by atoms with Crippen molar-refractivity contribution in [1.82, 2.24) is 4.90 Å². The van der Waals surface area contributed by atoms with Crippen LogP contribution in [0.25, 0.3) is 0 Å². The summed E-state index contributed by atoms with van der Waals surface area (Å²) in [4.78, 5) is 7.24. The van der Waals surface area contributed by atoms with Crippen molar-refractivity contribution in [3.63, 3.8) is 0 Å². The molecule has 0 aliphatic carbocycles. The Morgan fingerprint density at radius 2 is 1.61 bits per heavy atom. The Bertz CT molecular complexity index is 563. The molecule has 2 heteroatoms. The Labute approximate surface area is 196 Å². The molecule has 0 fully saturated rings. The summed E-state index contributed by atoms with van der Waals surface area (Å²) in [6.07, 6.45) is 17.0. The average molecular weight is 431 g/mol. The van der Waals surface area contributed by atoms with Crippen LogP contribution >= 0.6 is 0 Å². The van der Waals surface area contributed by atoms with E-state index in [0.29, 0.717) is 5.92 Å². The Balaban J connectivity index is 4.08. The van der Waals surface area contributed by atoms with Gasteiger partial charge in [-0.3, -0.25) is 4.99 Å². The van der Waals surface area contributed by atoms with Crippen molar-refractivity contribution in [1.29, 1.82) is 0 Å². The molecular formula is C29H54N2. The normalized spacial score (nSPS) is 14.3. The maximum absolute atomic E-state index is 4.82. The van der Waals surface area contributed by atoms with Gasteiger partial charge in [0.05, 0.1) is 0 Å². The predicted molar refractivity (Wildman–Crippen MR) is 143 cm³/mol. The van der Waals surface area contributed by atoms with Gasteiger partial charge in [-0.15, -0.1) is 0 Å². The lowest BCUT2D eigenvalue weighted by molar-refractivity contribution is 0.354. The molecule has 0 aromatic carbocycles. The van der Waals surface area contributed by atoms with Crippen LogP contribution in [0.5, 0.6) is 0 Å². The molecule has 0 heterocycles. The fraction of sp³-hybridized carbons (Fsp3) is 0.759. The topological polar surface area (TPSA) is 15.6 Å². The summed E-state index contributed by atoms with van der Waals surface area (Å²) >= 11 is 0. The quantitative estimate of drug-likeness (QED) is 0.120. The molecule has 0 saturated heterocycles. The molecular weight excluding hydrogens is 376 g/mol. The molecule has 31 heavy (non-hydrogen) atoms. The highest BCUT2D eigenvalue weighted by atomic mass is 15.1. The fourth-order valence-electron chi connectivity index (χ4n) is 3.57. The number of rotatable bonds is 18. The first-order valence-electron chi connectivity index (χ1n) is 12.9. The summed E-state index contributed by atoms with van der Waals surface area (Å²) in [5.74, 6) is 1.31. The Hall–Kier alpha value is -1.31. The van der Waals surface area contributed by atoms with Crippen LogP contribution in [0.2, 0.25) is 0 Å². The molecule has 0 saturated carbocycles. The summed E-state index contributed by atoms with van der Waals surface area (Å²) in [5.41, 5.74) is 5.50. The maximum atomic E-state index is 4.82. The lowest BCUT2D eigenvalue weighted by Crippen LogP contribution is -2.19. The van der Waals surface area contributed by atoms with E-state index in [4.69, 9.17) is 4.99 Å². The summed E-state index contributed by atoms with van der Waals surface area (Å²) in [6.45, 7) is 22.0. The van der Waals surface area contributed by atoms with Gasteiger partial charge in [0.2, 0.25) is 0 Å². The number of unbranched alkanes of at least 4 members (excludes halogenated alkanes) is 3. The molecule has 0 N–H and O–H groups in total. The van der Waals surface area contributed by atoms with E-state index in [9.17, 15) is 0 Å². The third kappa shape index (κ3) is 17.0. The zero-order valence-electron chi connectivity index (χ0n) is 22.4. The van der Waals surface area contributed by atoms with Crippen molar-refractivity contribution >= 4 is 5.71 Å². The lowest BCUT2D eigenvalue weighted by atomic mass is 9.98. The minimum Gasteiger partial charge on any atom is -0.378 e. The van der Waals surface area contributed by atoms with Crippen LogP contribution in [0.4, 0.5) is 0 Å². The second-order valence-corrected chi connectivity index (χ2v) is 10.0. The highest BCUT2D eigenvalue weighted by Crippen LogP contribution is 2.17. The summed E-state index contributed by atoms with van der Waals surface area (Å²) in [6, 6.07) is 0. The summed E-state index contributed by atoms with van der Waals surface area (Å²) < 4.78 is 0. The molecule has 0 aromatic heterocycles. The standard InChI is InChI=1S/C29H54N2/c1-10-11-18-26(5)27(6)23-30-28(7)19-14-15-20-29(8)31(9)22-21-25(4)17-13-12-16-24(2)3/h16,20,25,27H,5,10-15,17-19,21-23H2,1-4,6-9H3. The molecule has 2 unspecified atom stereocenters. The van der Waals surface area contributed by atoms with Gasteiger partial charge in [-0.25, -0.2) is 0 Å². The van der Waals surface area contributed by atoms with E-state index in [1.807, 2.05) is 0 Å². The van der Waals surface area contributed by atoms with E-state index in [2.05, 4.69) is 79.1 Å². The Kier molecular flexibility index (Phi) is 17.5. The minimum absolute atomic E-state index is 0.506. The van der Waals surface area contributed by atoms with Crippen LogP contribution in [0.15, 0.2) is 40.6 Å². The number of aliphatic imine (C=N–C) groups is 1. The molecule has 0 aliphatic heterocycles. The fourth-order valence-corrected chi connectivity index (χ4v) is 3.57. The third-order valence-electron chi connectivity index (χ3n) is 6.38. The van der Waals surface area contributed by atoms with Gasteiger partial charge in [0.25, 0.3) is 0 Å². The van der Waals surface area contributed by atoms with Crippen molar-refractivity contribution in [2.75, 3.05) is 20.1 Å². The van der Waals surface area contributed by atoms with E-state index in [-0.39, 0.29) is 0 Å². The van der Waals surface area contributed by atoms with Gasteiger partial charge in [0, 0.05) is 31.5 Å². The molecule has 0 radical (unpaired) electrons. The van der Waals surface area contributed by atoms with Gasteiger partial charge in [-0.1, -0.05) is 63.5 Å². The molecule has 180 valence electrons. The highest BCUT2D eigenvalue weighted by molar-refractivity contribution is 5.81. The molecule has 0 bridgehead atoms. The van der Waals surface area contributed by atoms with Gasteiger partial charge >= 0.3 is 0 Å². The van der Waals surface area contributed by atoms with Crippen LogP contribution in [-0.4, -0.2) is 30.7 Å². The Morgan fingerprint density at radius 3 is 2.26 bits per heavy atom. The number of allylic oxidation sites excluding steroid dienone is 4. The highest BCUT2D eigenvalue weighted by Gasteiger charge is 2.06. The van der Waals surface area contributed by atoms with Crippen molar-refractivity contribution in [3.8, 4) is 0 Å². The van der Waals surface area contributed by atoms with E-state index in [1.165, 1.54) is 67.5 Å². The number of nitrogens with zero attached hydrogens (tertiary/aromatic N) is 2. The molecule has 0 spiro atoms. The first-order valence-corrected chi connectivity index (χ1v) is 12.9. The zero-order chi connectivity index (χ0) is 23.6. The molecule has 2 nitrogen and oxygen atoms in total. The van der Waals surface area contributed by atoms with Crippen LogP contribution < -0.4 is 0 Å². The van der Waals surface area contributed by atoms with Crippen LogP contribution in [0.1, 0.15) is 113 Å². The van der Waals surface area contributed by atoms with Crippen molar-refractivity contribution in [2.24, 2.45) is 16.8 Å². The van der Waals surface area contributed by atoms with E-state index in [1.54, 1.807) is 0 Å². The van der Waals surface area contributed by atoms with E-state index < -0.39 is 0 Å². The second kappa shape index (κ2) is 18.3. The number of hydrogen-bond acceptors (Lipinski definition) is 2. The molecule has 0 rings (SSSR count). The van der Waals surface area contributed by atoms with Gasteiger partial charge in [0.1, 0.15) is 0 Å². The predicted octanol–water partition coefficient (Wildman–Crippen LogP) is 9.00. The molecule has 2 atom stereocenters. The third-order valence-corrected chi connectivity index (χ3v) is 6.38. The van der Waals surface area contributed by atoms with Gasteiger partial charge in [-0.2, -0.15) is 0 Å². The molecule has 0 aliphatic rings. The van der Waals surface area contributed by atoms with Crippen LogP contribution in [0.3, 0.4) is 0 Å². The van der Waals surface area contributed by atoms with Crippen LogP contribution in [0, 0.1) is 11.8 Å². The van der Waals surface area contributed by atoms with Crippen molar-refractivity contribution in [2.45, 2.75) is 113 Å². The first kappa shape index (κ1) is 29.7. The maximum Gasteiger partial charge on any atom is 0.0451 e.